The number of nitrogens with zero attached hydrogens (tertiary/aromatic N) is 3. The van der Waals surface area contributed by atoms with Crippen molar-refractivity contribution >= 4 is 18.7 Å². The zero-order valence-corrected chi connectivity index (χ0v) is 8.67. The molecule has 0 aliphatic carbocycles. The maximum atomic E-state index is 5.88. The van der Waals surface area contributed by atoms with Gasteiger partial charge in [-0.15, -0.1) is 0 Å². The summed E-state index contributed by atoms with van der Waals surface area (Å²) >= 11 is 0. The number of rotatable bonds is 4. The predicted octanol–water partition coefficient (Wildman–Crippen LogP) is 1.96. The van der Waals surface area contributed by atoms with E-state index in [9.17, 15) is 0 Å². The fraction of sp³-hybridized carbons (Fsp3) is 0.0909. The topological polar surface area (TPSA) is 54.0 Å². The van der Waals surface area contributed by atoms with Crippen LogP contribution in [0.15, 0.2) is 52.2 Å². The SMILES string of the molecule is C=NC=N/C(=C\C)N(N)c1ccccc1. The lowest BCUT2D eigenvalue weighted by Crippen LogP contribution is -2.29. The second-order valence-electron chi connectivity index (χ2n) is 2.78. The Hall–Kier alpha value is -1.94. The average molecular weight is 202 g/mol. The molecule has 1 aromatic rings. The van der Waals surface area contributed by atoms with Crippen molar-refractivity contribution in [2.45, 2.75) is 6.92 Å². The van der Waals surface area contributed by atoms with Crippen LogP contribution in [0.3, 0.4) is 0 Å². The van der Waals surface area contributed by atoms with Gasteiger partial charge in [-0.25, -0.2) is 10.8 Å². The molecule has 0 unspecified atom stereocenters. The van der Waals surface area contributed by atoms with Crippen molar-refractivity contribution in [3.8, 4) is 0 Å². The minimum atomic E-state index is 0.619. The van der Waals surface area contributed by atoms with Crippen molar-refractivity contribution in [3.05, 3.63) is 42.2 Å². The fourth-order valence-corrected chi connectivity index (χ4v) is 1.10. The first-order chi connectivity index (χ1) is 7.29. The normalized spacial score (nSPS) is 11.7. The van der Waals surface area contributed by atoms with Crippen LogP contribution in [0.2, 0.25) is 0 Å². The number of hydrogen-bond acceptors (Lipinski definition) is 3. The molecule has 0 saturated carbocycles. The Bertz CT molecular complexity index is 367. The van der Waals surface area contributed by atoms with Gasteiger partial charge in [-0.3, -0.25) is 10.0 Å². The van der Waals surface area contributed by atoms with Crippen LogP contribution < -0.4 is 10.9 Å². The number of anilines is 1. The highest BCUT2D eigenvalue weighted by molar-refractivity contribution is 5.64. The lowest BCUT2D eigenvalue weighted by Gasteiger charge is -2.17. The molecule has 0 spiro atoms. The smallest absolute Gasteiger partial charge is 0.144 e. The Morgan fingerprint density at radius 3 is 2.60 bits per heavy atom. The van der Waals surface area contributed by atoms with Gasteiger partial charge in [0.05, 0.1) is 5.69 Å². The van der Waals surface area contributed by atoms with Crippen molar-refractivity contribution in [3.63, 3.8) is 0 Å². The summed E-state index contributed by atoms with van der Waals surface area (Å²) in [5.74, 6) is 6.50. The zero-order chi connectivity index (χ0) is 11.1. The van der Waals surface area contributed by atoms with E-state index in [4.69, 9.17) is 5.84 Å². The van der Waals surface area contributed by atoms with Gasteiger partial charge in [0, 0.05) is 0 Å². The van der Waals surface area contributed by atoms with E-state index in [1.807, 2.05) is 37.3 Å². The van der Waals surface area contributed by atoms with Crippen LogP contribution >= 0.6 is 0 Å². The first kappa shape index (κ1) is 11.1. The number of allylic oxidation sites excluding steroid dienone is 1. The third-order valence-electron chi connectivity index (χ3n) is 1.81. The molecule has 15 heavy (non-hydrogen) atoms. The average Bonchev–Trinajstić information content (AvgIpc) is 2.31. The van der Waals surface area contributed by atoms with Gasteiger partial charge in [0.1, 0.15) is 12.2 Å². The largest absolute Gasteiger partial charge is 0.263 e. The molecule has 78 valence electrons. The molecule has 0 fully saturated rings. The Kier molecular flexibility index (Phi) is 4.25. The molecule has 0 heterocycles. The van der Waals surface area contributed by atoms with Crippen molar-refractivity contribution in [2.24, 2.45) is 15.8 Å². The maximum absolute atomic E-state index is 5.88. The van der Waals surface area contributed by atoms with E-state index in [0.29, 0.717) is 5.82 Å². The number of hydrogen-bond donors (Lipinski definition) is 1. The summed E-state index contributed by atoms with van der Waals surface area (Å²) in [4.78, 5) is 7.58. The van der Waals surface area contributed by atoms with Crippen molar-refractivity contribution in [1.29, 1.82) is 0 Å². The Balaban J connectivity index is 2.88. The molecule has 0 saturated heterocycles. The van der Waals surface area contributed by atoms with Crippen LogP contribution in [-0.2, 0) is 0 Å². The van der Waals surface area contributed by atoms with Crippen LogP contribution in [-0.4, -0.2) is 13.1 Å². The van der Waals surface area contributed by atoms with Gasteiger partial charge < -0.3 is 0 Å². The van der Waals surface area contributed by atoms with Crippen LogP contribution in [0.25, 0.3) is 0 Å². The van der Waals surface area contributed by atoms with E-state index < -0.39 is 0 Å². The minimum Gasteiger partial charge on any atom is -0.263 e. The fourth-order valence-electron chi connectivity index (χ4n) is 1.10. The van der Waals surface area contributed by atoms with Crippen LogP contribution in [0, 0.1) is 0 Å². The van der Waals surface area contributed by atoms with Gasteiger partial charge >= 0.3 is 0 Å². The number of benzene rings is 1. The third kappa shape index (κ3) is 3.03. The van der Waals surface area contributed by atoms with E-state index in [1.54, 1.807) is 6.08 Å². The van der Waals surface area contributed by atoms with Crippen LogP contribution in [0.5, 0.6) is 0 Å². The van der Waals surface area contributed by atoms with Crippen molar-refractivity contribution in [1.82, 2.24) is 0 Å². The maximum Gasteiger partial charge on any atom is 0.144 e. The van der Waals surface area contributed by atoms with E-state index in [1.165, 1.54) is 11.3 Å². The molecular formula is C11H14N4. The standard InChI is InChI=1S/C11H14N4/c1-3-11(14-9-13-2)15(12)10-7-5-4-6-8-10/h3-9H,2,12H2,1H3/b11-3+,14-9?. The molecule has 0 aromatic heterocycles. The highest BCUT2D eigenvalue weighted by Gasteiger charge is 2.03. The zero-order valence-electron chi connectivity index (χ0n) is 8.67. The van der Waals surface area contributed by atoms with E-state index in [2.05, 4.69) is 16.7 Å². The molecule has 1 rings (SSSR count). The van der Waals surface area contributed by atoms with Crippen LogP contribution in [0.1, 0.15) is 6.92 Å². The van der Waals surface area contributed by atoms with Crippen LogP contribution in [0.4, 0.5) is 5.69 Å². The summed E-state index contributed by atoms with van der Waals surface area (Å²) in [6.45, 7) is 5.17. The van der Waals surface area contributed by atoms with Crippen molar-refractivity contribution in [2.75, 3.05) is 5.01 Å². The minimum absolute atomic E-state index is 0.619. The quantitative estimate of drug-likeness (QED) is 0.351. The molecule has 0 amide bonds. The summed E-state index contributed by atoms with van der Waals surface area (Å²) < 4.78 is 0. The lowest BCUT2D eigenvalue weighted by atomic mass is 10.3. The highest BCUT2D eigenvalue weighted by atomic mass is 15.4. The molecule has 0 radical (unpaired) electrons. The highest BCUT2D eigenvalue weighted by Crippen LogP contribution is 2.14. The Labute approximate surface area is 89.4 Å². The molecule has 0 atom stereocenters. The summed E-state index contributed by atoms with van der Waals surface area (Å²) in [6.07, 6.45) is 3.16. The number of aliphatic imine (C=N–C) groups is 2. The molecule has 2 N–H and O–H groups in total. The second-order valence-corrected chi connectivity index (χ2v) is 2.78. The second kappa shape index (κ2) is 5.72. The summed E-state index contributed by atoms with van der Waals surface area (Å²) in [5.41, 5.74) is 0.867. The van der Waals surface area contributed by atoms with E-state index >= 15 is 0 Å². The number of hydrazine groups is 1. The molecule has 4 nitrogen and oxygen atoms in total. The van der Waals surface area contributed by atoms with Gasteiger partial charge in [-0.05, 0) is 31.9 Å². The monoisotopic (exact) mass is 202 g/mol. The molecule has 0 aliphatic heterocycles. The van der Waals surface area contributed by atoms with Gasteiger partial charge in [-0.1, -0.05) is 18.2 Å². The van der Waals surface area contributed by atoms with Gasteiger partial charge in [0.25, 0.3) is 0 Å². The molecule has 0 bridgehead atoms. The summed E-state index contributed by atoms with van der Waals surface area (Å²) in [7, 11) is 0. The molecular weight excluding hydrogens is 188 g/mol. The first-order valence-corrected chi connectivity index (χ1v) is 4.54. The number of para-hydroxylation sites is 1. The molecule has 0 aliphatic rings. The van der Waals surface area contributed by atoms with Crippen molar-refractivity contribution < 1.29 is 0 Å². The third-order valence-corrected chi connectivity index (χ3v) is 1.81. The van der Waals surface area contributed by atoms with Gasteiger partial charge in [0.2, 0.25) is 0 Å². The van der Waals surface area contributed by atoms with E-state index in [0.717, 1.165) is 5.69 Å². The predicted molar refractivity (Wildman–Crippen MR) is 64.9 cm³/mol. The Morgan fingerprint density at radius 1 is 1.40 bits per heavy atom. The first-order valence-electron chi connectivity index (χ1n) is 4.54. The van der Waals surface area contributed by atoms with Gasteiger partial charge in [-0.2, -0.15) is 0 Å². The molecule has 4 heteroatoms. The number of nitrogens with two attached hydrogens (primary N) is 1. The molecule has 1 aromatic carbocycles. The van der Waals surface area contributed by atoms with Gasteiger partial charge in [0.15, 0.2) is 0 Å². The Morgan fingerprint density at radius 2 is 2.07 bits per heavy atom. The summed E-state index contributed by atoms with van der Waals surface area (Å²) in [5, 5.41) is 1.49. The van der Waals surface area contributed by atoms with E-state index in [-0.39, 0.29) is 0 Å². The lowest BCUT2D eigenvalue weighted by molar-refractivity contribution is 0.972. The summed E-state index contributed by atoms with van der Waals surface area (Å²) in [6, 6.07) is 9.57.